The second-order valence-electron chi connectivity index (χ2n) is 4.68. The molecule has 0 fully saturated rings. The minimum atomic E-state index is -0.225. The third-order valence-corrected chi connectivity index (χ3v) is 4.29. The van der Waals surface area contributed by atoms with Gasteiger partial charge in [0.05, 0.1) is 0 Å². The number of thioether (sulfide) groups is 1. The molecule has 0 spiro atoms. The molecule has 0 atom stereocenters. The lowest BCUT2D eigenvalue weighted by Gasteiger charge is -2.03. The maximum Gasteiger partial charge on any atom is 0.187 e. The van der Waals surface area contributed by atoms with E-state index in [-0.39, 0.29) is 5.82 Å². The lowest BCUT2D eigenvalue weighted by molar-refractivity contribution is 0.627. The Balaban J connectivity index is 1.66. The first-order valence-electron chi connectivity index (χ1n) is 6.66. The summed E-state index contributed by atoms with van der Waals surface area (Å²) < 4.78 is 12.8. The molecule has 3 aromatic rings. The van der Waals surface area contributed by atoms with Gasteiger partial charge in [-0.05, 0) is 35.4 Å². The second kappa shape index (κ2) is 6.90. The van der Waals surface area contributed by atoms with Crippen LogP contribution in [0, 0.1) is 5.82 Å². The highest BCUT2D eigenvalue weighted by Gasteiger charge is 2.02. The summed E-state index contributed by atoms with van der Waals surface area (Å²) >= 11 is 7.40. The summed E-state index contributed by atoms with van der Waals surface area (Å²) in [5.74, 6) is 0.484. The van der Waals surface area contributed by atoms with E-state index in [0.29, 0.717) is 15.9 Å². The predicted octanol–water partition coefficient (Wildman–Crippen LogP) is 5.23. The minimum Gasteiger partial charge on any atom is -0.230 e. The molecule has 3 rings (SSSR count). The molecule has 5 heteroatoms. The molecule has 2 aromatic carbocycles. The molecule has 110 valence electrons. The van der Waals surface area contributed by atoms with Crippen molar-refractivity contribution in [3.63, 3.8) is 0 Å². The standard InChI is InChI=1S/C17H12ClFN2S/c18-15-5-3-13(4-6-15)14-9-20-17(21-10-14)22-11-12-1-7-16(19)8-2-12/h1-10H,11H2. The highest BCUT2D eigenvalue weighted by Crippen LogP contribution is 2.23. The van der Waals surface area contributed by atoms with E-state index in [2.05, 4.69) is 9.97 Å². The van der Waals surface area contributed by atoms with Crippen molar-refractivity contribution in [1.29, 1.82) is 0 Å². The number of nitrogens with zero attached hydrogens (tertiary/aromatic N) is 2. The van der Waals surface area contributed by atoms with Crippen molar-refractivity contribution < 1.29 is 4.39 Å². The van der Waals surface area contributed by atoms with Crippen LogP contribution in [-0.4, -0.2) is 9.97 Å². The molecule has 0 amide bonds. The lowest BCUT2D eigenvalue weighted by Crippen LogP contribution is -1.89. The van der Waals surface area contributed by atoms with Crippen LogP contribution in [0.25, 0.3) is 11.1 Å². The first-order valence-corrected chi connectivity index (χ1v) is 8.02. The Morgan fingerprint density at radius 1 is 0.864 bits per heavy atom. The fraction of sp³-hybridized carbons (Fsp3) is 0.0588. The Hall–Kier alpha value is -1.91. The van der Waals surface area contributed by atoms with Gasteiger partial charge in [-0.3, -0.25) is 0 Å². The molecule has 1 aromatic heterocycles. The molecule has 0 aliphatic heterocycles. The number of halogens is 2. The van der Waals surface area contributed by atoms with Crippen molar-refractivity contribution in [1.82, 2.24) is 9.97 Å². The van der Waals surface area contributed by atoms with Crippen LogP contribution in [0.4, 0.5) is 4.39 Å². The highest BCUT2D eigenvalue weighted by molar-refractivity contribution is 7.98. The Morgan fingerprint density at radius 2 is 1.50 bits per heavy atom. The van der Waals surface area contributed by atoms with Crippen LogP contribution in [-0.2, 0) is 5.75 Å². The maximum atomic E-state index is 12.8. The van der Waals surface area contributed by atoms with Crippen molar-refractivity contribution in [2.45, 2.75) is 10.9 Å². The van der Waals surface area contributed by atoms with Crippen molar-refractivity contribution in [3.05, 3.63) is 77.3 Å². The summed E-state index contributed by atoms with van der Waals surface area (Å²) in [5.41, 5.74) is 3.01. The van der Waals surface area contributed by atoms with Gasteiger partial charge >= 0.3 is 0 Å². The Morgan fingerprint density at radius 3 is 2.14 bits per heavy atom. The molecular weight excluding hydrogens is 319 g/mol. The van der Waals surface area contributed by atoms with E-state index in [4.69, 9.17) is 11.6 Å². The van der Waals surface area contributed by atoms with Crippen LogP contribution in [0.2, 0.25) is 5.02 Å². The molecule has 0 saturated heterocycles. The monoisotopic (exact) mass is 330 g/mol. The molecule has 1 heterocycles. The van der Waals surface area contributed by atoms with Gasteiger partial charge in [-0.2, -0.15) is 0 Å². The predicted molar refractivity (Wildman–Crippen MR) is 88.4 cm³/mol. The number of aromatic nitrogens is 2. The number of hydrogen-bond acceptors (Lipinski definition) is 3. The van der Waals surface area contributed by atoms with Gasteiger partial charge in [0, 0.05) is 28.7 Å². The van der Waals surface area contributed by atoms with E-state index in [1.54, 1.807) is 24.5 Å². The summed E-state index contributed by atoms with van der Waals surface area (Å²) in [7, 11) is 0. The van der Waals surface area contributed by atoms with Gasteiger partial charge in [0.25, 0.3) is 0 Å². The highest BCUT2D eigenvalue weighted by atomic mass is 35.5. The van der Waals surface area contributed by atoms with Gasteiger partial charge in [0.2, 0.25) is 0 Å². The number of hydrogen-bond donors (Lipinski definition) is 0. The van der Waals surface area contributed by atoms with Gasteiger partial charge in [-0.25, -0.2) is 14.4 Å². The molecule has 0 aliphatic rings. The summed E-state index contributed by atoms with van der Waals surface area (Å²) in [6, 6.07) is 14.0. The van der Waals surface area contributed by atoms with E-state index in [1.807, 2.05) is 24.3 Å². The molecular formula is C17H12ClFN2S. The zero-order chi connectivity index (χ0) is 15.4. The Bertz CT molecular complexity index is 743. The Labute approximate surface area is 137 Å². The van der Waals surface area contributed by atoms with Crippen LogP contribution in [0.1, 0.15) is 5.56 Å². The van der Waals surface area contributed by atoms with Gasteiger partial charge < -0.3 is 0 Å². The Kier molecular flexibility index (Phi) is 4.71. The lowest BCUT2D eigenvalue weighted by atomic mass is 10.1. The quantitative estimate of drug-likeness (QED) is 0.484. The van der Waals surface area contributed by atoms with Crippen LogP contribution in [0.5, 0.6) is 0 Å². The molecule has 0 saturated carbocycles. The van der Waals surface area contributed by atoms with Crippen LogP contribution < -0.4 is 0 Å². The van der Waals surface area contributed by atoms with E-state index in [1.165, 1.54) is 23.9 Å². The molecule has 2 nitrogen and oxygen atoms in total. The molecule has 0 unspecified atom stereocenters. The number of rotatable bonds is 4. The van der Waals surface area contributed by atoms with Crippen LogP contribution in [0.3, 0.4) is 0 Å². The molecule has 0 bridgehead atoms. The van der Waals surface area contributed by atoms with E-state index < -0.39 is 0 Å². The third kappa shape index (κ3) is 3.84. The van der Waals surface area contributed by atoms with E-state index in [9.17, 15) is 4.39 Å². The summed E-state index contributed by atoms with van der Waals surface area (Å²) in [5, 5.41) is 1.40. The van der Waals surface area contributed by atoms with E-state index >= 15 is 0 Å². The summed E-state index contributed by atoms with van der Waals surface area (Å²) in [4.78, 5) is 8.71. The first kappa shape index (κ1) is 15.0. The minimum absolute atomic E-state index is 0.225. The summed E-state index contributed by atoms with van der Waals surface area (Å²) in [6.07, 6.45) is 3.59. The van der Waals surface area contributed by atoms with Crippen LogP contribution in [0.15, 0.2) is 66.1 Å². The fourth-order valence-corrected chi connectivity index (χ4v) is 2.78. The summed E-state index contributed by atoms with van der Waals surface area (Å²) in [6.45, 7) is 0. The third-order valence-electron chi connectivity index (χ3n) is 3.09. The van der Waals surface area contributed by atoms with Crippen molar-refractivity contribution in [2.24, 2.45) is 0 Å². The zero-order valence-corrected chi connectivity index (χ0v) is 13.1. The van der Waals surface area contributed by atoms with Gasteiger partial charge in [-0.15, -0.1) is 0 Å². The normalized spacial score (nSPS) is 10.6. The average Bonchev–Trinajstić information content (AvgIpc) is 2.56. The van der Waals surface area contributed by atoms with Crippen molar-refractivity contribution in [3.8, 4) is 11.1 Å². The maximum absolute atomic E-state index is 12.8. The first-order chi connectivity index (χ1) is 10.7. The van der Waals surface area contributed by atoms with Gasteiger partial charge in [-0.1, -0.05) is 47.6 Å². The average molecular weight is 331 g/mol. The zero-order valence-electron chi connectivity index (χ0n) is 11.5. The SMILES string of the molecule is Fc1ccc(CSc2ncc(-c3ccc(Cl)cc3)cn2)cc1. The van der Waals surface area contributed by atoms with Gasteiger partial charge in [0.15, 0.2) is 5.16 Å². The molecule has 22 heavy (non-hydrogen) atoms. The topological polar surface area (TPSA) is 25.8 Å². The molecule has 0 aliphatic carbocycles. The smallest absolute Gasteiger partial charge is 0.187 e. The molecule has 0 radical (unpaired) electrons. The molecule has 0 N–H and O–H groups in total. The van der Waals surface area contributed by atoms with Crippen molar-refractivity contribution in [2.75, 3.05) is 0 Å². The largest absolute Gasteiger partial charge is 0.230 e. The van der Waals surface area contributed by atoms with E-state index in [0.717, 1.165) is 16.7 Å². The van der Waals surface area contributed by atoms with Crippen LogP contribution >= 0.6 is 23.4 Å². The second-order valence-corrected chi connectivity index (χ2v) is 6.06. The fourth-order valence-electron chi connectivity index (χ4n) is 1.91. The van der Waals surface area contributed by atoms with Gasteiger partial charge in [0.1, 0.15) is 5.82 Å². The van der Waals surface area contributed by atoms with Crippen molar-refractivity contribution >= 4 is 23.4 Å². The number of benzene rings is 2.